The lowest BCUT2D eigenvalue weighted by atomic mass is 9.94. The maximum atomic E-state index is 14.8. The zero-order valence-corrected chi connectivity index (χ0v) is 33.9. The minimum Gasteiger partial charge on any atom is -0.391 e. The van der Waals surface area contributed by atoms with E-state index in [9.17, 15) is 38.2 Å². The van der Waals surface area contributed by atoms with Gasteiger partial charge in [0, 0.05) is 47.0 Å². The Labute approximate surface area is 336 Å². The molecule has 4 amide bonds. The molecule has 2 aromatic carbocycles. The summed E-state index contributed by atoms with van der Waals surface area (Å²) in [5, 5.41) is 34.7. The largest absolute Gasteiger partial charge is 0.391 e. The Morgan fingerprint density at radius 2 is 1.09 bits per heavy atom. The lowest BCUT2D eigenvalue weighted by Gasteiger charge is -2.30. The highest BCUT2D eigenvalue weighted by molar-refractivity contribution is 5.97. The molecule has 0 aliphatic carbocycles. The van der Waals surface area contributed by atoms with Crippen LogP contribution in [0.15, 0.2) is 36.4 Å². The van der Waals surface area contributed by atoms with Crippen LogP contribution in [-0.2, 0) is 32.0 Å². The van der Waals surface area contributed by atoms with Gasteiger partial charge in [-0.05, 0) is 114 Å². The third kappa shape index (κ3) is 8.75. The number of likely N-dealkylation sites (tertiary alicyclic amines) is 2. The fourth-order valence-corrected chi connectivity index (χ4v) is 8.42. The fraction of sp³-hybridized carbons (Fsp3) is 0.524. The molecule has 0 radical (unpaired) electrons. The molecule has 2 fully saturated rings. The second-order valence-electron chi connectivity index (χ2n) is 15.8. The number of halogens is 2. The zero-order valence-electron chi connectivity index (χ0n) is 33.9. The van der Waals surface area contributed by atoms with Gasteiger partial charge in [0.2, 0.25) is 23.6 Å². The van der Waals surface area contributed by atoms with Crippen LogP contribution in [0.25, 0.3) is 33.2 Å². The summed E-state index contributed by atoms with van der Waals surface area (Å²) in [5.74, 6) is -2.21. The SMILES string of the molecule is CC[C@H](NC(=O)[C@H](C)NC)C(=O)N1C[C@@H](O)CC1Cc1c(-c2[nH]c3cc(F)ccc3c2C[C@@H]2C[C@H](O)CN2C(=O)[C@H](CC)NC(=O)[C@H](C)NC)[nH]c2cc(F)ccc12. The van der Waals surface area contributed by atoms with Crippen LogP contribution < -0.4 is 21.3 Å². The first-order chi connectivity index (χ1) is 27.7. The molecule has 1 unspecified atom stereocenters. The molecule has 14 nitrogen and oxygen atoms in total. The number of H-pyrrole nitrogens is 2. The van der Waals surface area contributed by atoms with Gasteiger partial charge in [0.15, 0.2) is 0 Å². The highest BCUT2D eigenvalue weighted by atomic mass is 19.1. The second kappa shape index (κ2) is 17.9. The normalized spacial score (nSPS) is 21.7. The average molecular weight is 807 g/mol. The van der Waals surface area contributed by atoms with E-state index in [-0.39, 0.29) is 62.4 Å². The molecule has 0 bridgehead atoms. The highest BCUT2D eigenvalue weighted by Crippen LogP contribution is 2.40. The van der Waals surface area contributed by atoms with Gasteiger partial charge < -0.3 is 51.2 Å². The first-order valence-corrected chi connectivity index (χ1v) is 20.2. The van der Waals surface area contributed by atoms with Crippen molar-refractivity contribution in [2.75, 3.05) is 27.2 Å². The molecule has 0 saturated carbocycles. The quantitative estimate of drug-likeness (QED) is 0.0899. The monoisotopic (exact) mass is 806 g/mol. The molecular weight excluding hydrogens is 751 g/mol. The van der Waals surface area contributed by atoms with E-state index in [1.54, 1.807) is 49.9 Å². The van der Waals surface area contributed by atoms with Crippen LogP contribution in [0.2, 0.25) is 0 Å². The first-order valence-electron chi connectivity index (χ1n) is 20.2. The number of rotatable bonds is 15. The summed E-state index contributed by atoms with van der Waals surface area (Å²) < 4.78 is 29.6. The summed E-state index contributed by atoms with van der Waals surface area (Å²) in [7, 11) is 3.31. The number of fused-ring (bicyclic) bond motifs is 2. The standard InChI is InChI=1S/C42H56F2N8O6/c1-7-33(49-39(55)21(3)45-5)41(57)51-19-27(53)15-25(51)17-31-29-11-9-23(43)13-35(29)47-37(31)38-32(30-12-10-24(44)14-36(30)48-38)18-26-16-28(54)20-52(26)42(58)34(8-2)50-40(56)22(4)46-6/h9-14,21-22,25-28,33-34,45-48,53-54H,7-8,15-20H2,1-6H3,(H,49,55)(H,50,56)/t21-,22-,25-,26?,27-,28-,33-,34-/m0/s1. The smallest absolute Gasteiger partial charge is 0.245 e. The minimum absolute atomic E-state index is 0.0711. The van der Waals surface area contributed by atoms with Crippen LogP contribution in [0, 0.1) is 11.6 Å². The van der Waals surface area contributed by atoms with Gasteiger partial charge in [0.05, 0.1) is 35.7 Å². The number of aliphatic hydroxyl groups is 2. The molecule has 2 aliphatic rings. The van der Waals surface area contributed by atoms with Crippen molar-refractivity contribution >= 4 is 45.4 Å². The number of likely N-dealkylation sites (N-methyl/N-ethyl adjacent to an activating group) is 2. The van der Waals surface area contributed by atoms with E-state index in [2.05, 4.69) is 31.2 Å². The summed E-state index contributed by atoms with van der Waals surface area (Å²) in [6.07, 6.45) is 0.0738. The molecule has 2 aliphatic heterocycles. The van der Waals surface area contributed by atoms with E-state index in [1.807, 2.05) is 13.8 Å². The Bertz CT molecular complexity index is 2010. The van der Waals surface area contributed by atoms with Crippen LogP contribution in [0.5, 0.6) is 0 Å². The van der Waals surface area contributed by atoms with Gasteiger partial charge in [-0.1, -0.05) is 13.8 Å². The Kier molecular flexibility index (Phi) is 13.2. The molecule has 0 spiro atoms. The molecule has 6 rings (SSSR count). The topological polar surface area (TPSA) is 195 Å². The van der Waals surface area contributed by atoms with Gasteiger partial charge >= 0.3 is 0 Å². The van der Waals surface area contributed by atoms with Crippen LogP contribution in [0.1, 0.15) is 64.5 Å². The first kappa shape index (κ1) is 42.7. The highest BCUT2D eigenvalue weighted by Gasteiger charge is 2.41. The Morgan fingerprint density at radius 3 is 1.43 bits per heavy atom. The number of amides is 4. The van der Waals surface area contributed by atoms with Gasteiger partial charge in [-0.25, -0.2) is 8.78 Å². The van der Waals surface area contributed by atoms with Crippen molar-refractivity contribution in [1.29, 1.82) is 0 Å². The number of hydrogen-bond acceptors (Lipinski definition) is 8. The number of carbonyl (C=O) groups excluding carboxylic acids is 4. The molecule has 314 valence electrons. The maximum Gasteiger partial charge on any atom is 0.245 e. The Hall–Kier alpha value is -4.90. The van der Waals surface area contributed by atoms with E-state index in [1.165, 1.54) is 24.3 Å². The molecule has 8 N–H and O–H groups in total. The van der Waals surface area contributed by atoms with Crippen molar-refractivity contribution < 1.29 is 38.2 Å². The van der Waals surface area contributed by atoms with Crippen molar-refractivity contribution in [3.63, 3.8) is 0 Å². The van der Waals surface area contributed by atoms with Crippen LogP contribution in [0.3, 0.4) is 0 Å². The molecule has 2 aromatic heterocycles. The predicted octanol–water partition coefficient (Wildman–Crippen LogP) is 2.61. The maximum absolute atomic E-state index is 14.8. The number of β-amino-alcohol motifs (C(OH)–C–C–N with tert-alkyl or cyclic N) is 2. The van der Waals surface area contributed by atoms with Gasteiger partial charge in [0.1, 0.15) is 23.7 Å². The molecule has 58 heavy (non-hydrogen) atoms. The third-order valence-corrected chi connectivity index (χ3v) is 11.9. The van der Waals surface area contributed by atoms with Crippen molar-refractivity contribution in [1.82, 2.24) is 41.0 Å². The molecule has 2 saturated heterocycles. The Morgan fingerprint density at radius 1 is 0.707 bits per heavy atom. The molecule has 16 heteroatoms. The van der Waals surface area contributed by atoms with Crippen LogP contribution in [0.4, 0.5) is 8.78 Å². The van der Waals surface area contributed by atoms with E-state index in [0.717, 1.165) is 11.1 Å². The number of carbonyl (C=O) groups is 4. The van der Waals surface area contributed by atoms with Gasteiger partial charge in [0.25, 0.3) is 0 Å². The number of aliphatic hydroxyl groups excluding tert-OH is 2. The Balaban J connectivity index is 1.40. The molecular formula is C42H56F2N8O6. The number of nitrogens with one attached hydrogen (secondary N) is 6. The molecule has 4 heterocycles. The van der Waals surface area contributed by atoms with Gasteiger partial charge in [-0.15, -0.1) is 0 Å². The average Bonchev–Trinajstić information content (AvgIpc) is 3.96. The third-order valence-electron chi connectivity index (χ3n) is 11.9. The summed E-state index contributed by atoms with van der Waals surface area (Å²) in [4.78, 5) is 63.7. The fourth-order valence-electron chi connectivity index (χ4n) is 8.42. The van der Waals surface area contributed by atoms with Crippen molar-refractivity contribution in [3.05, 3.63) is 59.2 Å². The second-order valence-corrected chi connectivity index (χ2v) is 15.8. The number of aromatic amines is 2. The summed E-state index contributed by atoms with van der Waals surface area (Å²) in [5.41, 5.74) is 3.58. The van der Waals surface area contributed by atoms with Crippen LogP contribution in [-0.4, -0.2) is 129 Å². The van der Waals surface area contributed by atoms with Crippen molar-refractivity contribution in [2.24, 2.45) is 0 Å². The summed E-state index contributed by atoms with van der Waals surface area (Å²) in [6, 6.07) is 5.13. The number of nitrogens with zero attached hydrogens (tertiary/aromatic N) is 2. The number of benzene rings is 2. The van der Waals surface area contributed by atoms with E-state index in [0.29, 0.717) is 46.0 Å². The molecule has 8 atom stereocenters. The van der Waals surface area contributed by atoms with Crippen molar-refractivity contribution in [2.45, 2.75) is 115 Å². The van der Waals surface area contributed by atoms with E-state index in [4.69, 9.17) is 0 Å². The lowest BCUT2D eigenvalue weighted by Crippen LogP contribution is -2.53. The van der Waals surface area contributed by atoms with Gasteiger partial charge in [-0.2, -0.15) is 0 Å². The number of aromatic nitrogens is 2. The summed E-state index contributed by atoms with van der Waals surface area (Å²) in [6.45, 7) is 7.15. The van der Waals surface area contributed by atoms with Crippen molar-refractivity contribution in [3.8, 4) is 11.4 Å². The molecule has 4 aromatic rings. The number of hydrogen-bond donors (Lipinski definition) is 8. The lowest BCUT2D eigenvalue weighted by molar-refractivity contribution is -0.138. The zero-order chi connectivity index (χ0) is 42.0. The van der Waals surface area contributed by atoms with Crippen LogP contribution >= 0.6 is 0 Å². The summed E-state index contributed by atoms with van der Waals surface area (Å²) >= 11 is 0. The minimum atomic E-state index is -0.817. The van der Waals surface area contributed by atoms with E-state index >= 15 is 0 Å². The van der Waals surface area contributed by atoms with E-state index < -0.39 is 60.1 Å². The predicted molar refractivity (Wildman–Crippen MR) is 217 cm³/mol. The van der Waals surface area contributed by atoms with Gasteiger partial charge in [-0.3, -0.25) is 19.2 Å².